The fourth-order valence-corrected chi connectivity index (χ4v) is 5.88. The molecule has 2 heterocycles. The lowest BCUT2D eigenvalue weighted by Gasteiger charge is -2.28. The van der Waals surface area contributed by atoms with E-state index < -0.39 is 23.8 Å². The number of amides is 1. The number of fused-ring (bicyclic) bond motifs is 2. The molecule has 3 aromatic rings. The summed E-state index contributed by atoms with van der Waals surface area (Å²) in [5.74, 6) is -1.18. The highest BCUT2D eigenvalue weighted by molar-refractivity contribution is 6.08. The number of nitrogens with one attached hydrogen (secondary N) is 1. The Morgan fingerprint density at radius 1 is 0.891 bits per heavy atom. The molecule has 0 radical (unpaired) electrons. The Bertz CT molecular complexity index is 1540. The molecule has 1 saturated carbocycles. The van der Waals surface area contributed by atoms with Gasteiger partial charge in [0.1, 0.15) is 17.8 Å². The normalized spacial score (nSPS) is 18.7. The lowest BCUT2D eigenvalue weighted by atomic mass is 9.93. The van der Waals surface area contributed by atoms with Crippen molar-refractivity contribution in [3.05, 3.63) is 89.5 Å². The molecule has 0 aromatic heterocycles. The number of carbonyl (C=O) groups is 3. The Balaban J connectivity index is 0.000000249. The van der Waals surface area contributed by atoms with Crippen molar-refractivity contribution in [1.82, 2.24) is 0 Å². The van der Waals surface area contributed by atoms with E-state index in [0.717, 1.165) is 30.5 Å². The van der Waals surface area contributed by atoms with Crippen LogP contribution in [0.25, 0.3) is 0 Å². The fourth-order valence-electron chi connectivity index (χ4n) is 5.88. The second kappa shape index (κ2) is 13.8. The van der Waals surface area contributed by atoms with Crippen molar-refractivity contribution >= 4 is 29.2 Å². The molecular formula is C35H39F3N2O6. The maximum absolute atomic E-state index is 13.6. The molecule has 11 heteroatoms. The number of halogens is 3. The lowest BCUT2D eigenvalue weighted by Crippen LogP contribution is -2.48. The van der Waals surface area contributed by atoms with E-state index in [0.29, 0.717) is 37.1 Å². The van der Waals surface area contributed by atoms with Crippen LogP contribution in [0.1, 0.15) is 57.6 Å². The van der Waals surface area contributed by atoms with Gasteiger partial charge in [0, 0.05) is 25.6 Å². The van der Waals surface area contributed by atoms with Gasteiger partial charge in [0.15, 0.2) is 0 Å². The molecule has 3 aliphatic rings. The Labute approximate surface area is 267 Å². The summed E-state index contributed by atoms with van der Waals surface area (Å²) < 4.78 is 51.5. The molecule has 2 unspecified atom stereocenters. The van der Waals surface area contributed by atoms with E-state index in [1.807, 2.05) is 36.4 Å². The zero-order chi connectivity index (χ0) is 32.9. The van der Waals surface area contributed by atoms with Crippen LogP contribution in [0.2, 0.25) is 0 Å². The van der Waals surface area contributed by atoms with Crippen LogP contribution in [-0.4, -0.2) is 49.5 Å². The molecule has 1 fully saturated rings. The van der Waals surface area contributed by atoms with Crippen molar-refractivity contribution in [2.45, 2.75) is 76.2 Å². The third-order valence-corrected chi connectivity index (χ3v) is 8.35. The minimum atomic E-state index is -4.78. The maximum Gasteiger partial charge on any atom is 0.573 e. The number of carbonyl (C=O) groups excluding carboxylic acids is 3. The molecule has 1 aliphatic carbocycles. The van der Waals surface area contributed by atoms with Crippen LogP contribution in [0, 0.1) is 0 Å². The Kier molecular flexibility index (Phi) is 9.88. The lowest BCUT2D eigenvalue weighted by molar-refractivity contribution is -0.274. The number of ether oxygens (including phenoxy) is 3. The minimum absolute atomic E-state index is 0. The molecule has 2 aliphatic heterocycles. The number of hydrogen-bond donors (Lipinski definition) is 1. The summed E-state index contributed by atoms with van der Waals surface area (Å²) in [6, 6.07) is 19.7. The number of benzene rings is 3. The van der Waals surface area contributed by atoms with Gasteiger partial charge in [-0.15, -0.1) is 13.2 Å². The van der Waals surface area contributed by atoms with Crippen LogP contribution in [0.5, 0.6) is 5.75 Å². The van der Waals surface area contributed by atoms with E-state index in [1.54, 1.807) is 19.1 Å². The average Bonchev–Trinajstić information content (AvgIpc) is 3.57. The molecule has 46 heavy (non-hydrogen) atoms. The number of hydrogen-bond acceptors (Lipinski definition) is 7. The summed E-state index contributed by atoms with van der Waals surface area (Å²) >= 11 is 0. The van der Waals surface area contributed by atoms with Crippen molar-refractivity contribution in [1.29, 1.82) is 0 Å². The summed E-state index contributed by atoms with van der Waals surface area (Å²) in [6.45, 7) is 4.53. The van der Waals surface area contributed by atoms with Gasteiger partial charge < -0.3 is 19.5 Å². The van der Waals surface area contributed by atoms with Crippen LogP contribution in [-0.2, 0) is 42.1 Å². The number of rotatable bonds is 9. The van der Waals surface area contributed by atoms with Crippen molar-refractivity contribution in [3.8, 4) is 5.75 Å². The largest absolute Gasteiger partial charge is 0.573 e. The predicted molar refractivity (Wildman–Crippen MR) is 168 cm³/mol. The second-order valence-electron chi connectivity index (χ2n) is 11.5. The first-order valence-corrected chi connectivity index (χ1v) is 15.5. The van der Waals surface area contributed by atoms with E-state index in [9.17, 15) is 27.6 Å². The maximum atomic E-state index is 13.6. The van der Waals surface area contributed by atoms with Gasteiger partial charge in [0.25, 0.3) is 0 Å². The monoisotopic (exact) mass is 640 g/mol. The number of alkyl halides is 3. The number of para-hydroxylation sites is 2. The van der Waals surface area contributed by atoms with E-state index in [1.165, 1.54) is 34.7 Å². The van der Waals surface area contributed by atoms with Gasteiger partial charge in [0.2, 0.25) is 5.91 Å². The minimum Gasteiger partial charge on any atom is -0.464 e. The van der Waals surface area contributed by atoms with E-state index in [2.05, 4.69) is 17.0 Å². The van der Waals surface area contributed by atoms with Gasteiger partial charge in [-0.1, -0.05) is 61.9 Å². The highest BCUT2D eigenvalue weighted by Crippen LogP contribution is 2.52. The molecule has 1 N–H and O–H groups in total. The quantitative estimate of drug-likeness (QED) is 0.204. The smallest absolute Gasteiger partial charge is 0.464 e. The zero-order valence-electron chi connectivity index (χ0n) is 25.8. The van der Waals surface area contributed by atoms with Gasteiger partial charge >= 0.3 is 18.3 Å². The molecule has 3 aromatic carbocycles. The number of unbranched alkanes of at least 4 members (excludes halogenated alkanes) is 1. The van der Waals surface area contributed by atoms with Gasteiger partial charge in [-0.3, -0.25) is 9.69 Å². The van der Waals surface area contributed by atoms with E-state index in [-0.39, 0.29) is 31.7 Å². The molecule has 0 bridgehead atoms. The average molecular weight is 641 g/mol. The Morgan fingerprint density at radius 2 is 1.57 bits per heavy atom. The van der Waals surface area contributed by atoms with Crippen LogP contribution in [0.15, 0.2) is 72.8 Å². The molecule has 0 spiro atoms. The summed E-state index contributed by atoms with van der Waals surface area (Å²) in [5, 5.41) is 3.19. The van der Waals surface area contributed by atoms with Gasteiger partial charge in [0.05, 0.1) is 18.6 Å². The molecular weight excluding hydrogens is 601 g/mol. The molecule has 1 amide bonds. The van der Waals surface area contributed by atoms with Crippen molar-refractivity contribution in [2.75, 3.05) is 23.4 Å². The molecule has 0 saturated heterocycles. The Morgan fingerprint density at radius 3 is 2.20 bits per heavy atom. The molecule has 246 valence electrons. The molecule has 8 nitrogen and oxygen atoms in total. The van der Waals surface area contributed by atoms with Crippen molar-refractivity contribution in [2.24, 2.45) is 0 Å². The molecule has 2 atom stereocenters. The van der Waals surface area contributed by atoms with Gasteiger partial charge in [-0.25, -0.2) is 9.59 Å². The zero-order valence-corrected chi connectivity index (χ0v) is 25.8. The number of anilines is 2. The fraction of sp³-hybridized carbons (Fsp3) is 0.400. The van der Waals surface area contributed by atoms with Gasteiger partial charge in [-0.2, -0.15) is 0 Å². The van der Waals surface area contributed by atoms with Gasteiger partial charge in [-0.05, 0) is 67.1 Å². The third kappa shape index (κ3) is 7.29. The first kappa shape index (κ1) is 32.8. The predicted octanol–water partition coefficient (Wildman–Crippen LogP) is 6.75. The summed E-state index contributed by atoms with van der Waals surface area (Å²) in [6.07, 6.45) is -0.576. The van der Waals surface area contributed by atoms with Crippen molar-refractivity contribution in [3.63, 3.8) is 0 Å². The first-order valence-electron chi connectivity index (χ1n) is 15.5. The topological polar surface area (TPSA) is 94.2 Å². The molecule has 6 rings (SSSR count). The van der Waals surface area contributed by atoms with E-state index >= 15 is 0 Å². The summed E-state index contributed by atoms with van der Waals surface area (Å²) in [5.41, 5.74) is 3.55. The van der Waals surface area contributed by atoms with Crippen molar-refractivity contribution < 1.29 is 43.2 Å². The standard InChI is InChI=1S/C22H20F3NO4.C13H17NO2.H2/c1-2-29-19(27)18-13-14-5-3-4-6-17(14)26(18)20(28)21(11-12-21)15-7-9-16(10-8-15)30-22(23,24)25;1-2-3-8-16-13(15)12-9-10-6-4-5-7-11(10)14-12;/h3-10,18H,2,11-13H2,1H3;4-7,12,14H,2-3,8-9H2,1H3;1H. The Hall–Kier alpha value is -4.54. The van der Waals surface area contributed by atoms with Crippen LogP contribution < -0.4 is 15.0 Å². The van der Waals surface area contributed by atoms with E-state index in [4.69, 9.17) is 9.47 Å². The van der Waals surface area contributed by atoms with Crippen LogP contribution >= 0.6 is 0 Å². The van der Waals surface area contributed by atoms with Crippen LogP contribution in [0.4, 0.5) is 24.5 Å². The SMILES string of the molecule is CCCCOC(=O)C1Cc2ccccc2N1.CCOC(=O)C1Cc2ccccc2N1C(=O)C1(c2ccc(OC(F)(F)F)cc2)CC1.[HH]. The number of nitrogens with zero attached hydrogens (tertiary/aromatic N) is 1. The summed E-state index contributed by atoms with van der Waals surface area (Å²) in [4.78, 5) is 39.4. The van der Waals surface area contributed by atoms with Crippen LogP contribution in [0.3, 0.4) is 0 Å². The highest BCUT2D eigenvalue weighted by atomic mass is 19.4. The summed E-state index contributed by atoms with van der Waals surface area (Å²) in [7, 11) is 0. The third-order valence-electron chi connectivity index (χ3n) is 8.35. The highest BCUT2D eigenvalue weighted by Gasteiger charge is 2.56. The first-order chi connectivity index (χ1) is 22.1. The number of esters is 2. The second-order valence-corrected chi connectivity index (χ2v) is 11.5.